The van der Waals surface area contributed by atoms with Crippen LogP contribution in [0.3, 0.4) is 0 Å². The van der Waals surface area contributed by atoms with Crippen LogP contribution in [0.25, 0.3) is 0 Å². The van der Waals surface area contributed by atoms with E-state index in [9.17, 15) is 9.59 Å². The van der Waals surface area contributed by atoms with E-state index in [1.165, 1.54) is 51.4 Å². The third-order valence-corrected chi connectivity index (χ3v) is 10.5. The quantitative estimate of drug-likeness (QED) is 0.0346. The predicted molar refractivity (Wildman–Crippen MR) is 279 cm³/mol. The van der Waals surface area contributed by atoms with Gasteiger partial charge in [0.1, 0.15) is 6.61 Å². The number of hydrogen-bond donors (Lipinski definition) is 0. The van der Waals surface area contributed by atoms with E-state index >= 15 is 0 Å². The van der Waals surface area contributed by atoms with Gasteiger partial charge in [0.15, 0.2) is 6.10 Å². The van der Waals surface area contributed by atoms with Crippen molar-refractivity contribution in [2.75, 3.05) is 19.8 Å². The van der Waals surface area contributed by atoms with E-state index in [1.54, 1.807) is 0 Å². The Bertz CT molecular complexity index is 1320. The van der Waals surface area contributed by atoms with Gasteiger partial charge in [0.2, 0.25) is 0 Å². The third kappa shape index (κ3) is 50.9. The fourth-order valence-electron chi connectivity index (χ4n) is 6.62. The van der Waals surface area contributed by atoms with Crippen LogP contribution in [0.1, 0.15) is 213 Å². The standard InChI is InChI=1S/C59H96O5/c1-4-7-10-13-16-19-22-24-26-28-30-31-33-35-38-40-43-46-49-52-58(60)63-56-57(64-59(61)53-50-47-44-41-37-21-18-15-12-9-6-3)55-62-54-51-48-45-42-39-36-34-32-29-27-25-23-20-17-14-11-8-5-2/h7-8,10-11,15-20,24-27,30-32,34,39,42,57H,4-6,9,12-14,21-23,28-29,33,35-38,40-41,43-56H2,1-3H3/b10-7-,11-8-,18-15-,19-16-,20-17-,26-24-,27-25-,31-30-,34-32-,42-39-. The lowest BCUT2D eigenvalue weighted by atomic mass is 10.1. The fourth-order valence-corrected chi connectivity index (χ4v) is 6.62. The minimum Gasteiger partial charge on any atom is -0.462 e. The number of hydrogen-bond acceptors (Lipinski definition) is 5. The molecule has 0 aromatic heterocycles. The maximum atomic E-state index is 12.8. The second kappa shape index (κ2) is 53.6. The molecule has 0 amide bonds. The van der Waals surface area contributed by atoms with E-state index in [-0.39, 0.29) is 25.2 Å². The molecule has 0 aliphatic carbocycles. The van der Waals surface area contributed by atoms with Gasteiger partial charge in [0.05, 0.1) is 6.61 Å². The van der Waals surface area contributed by atoms with Crippen molar-refractivity contribution in [2.45, 2.75) is 219 Å². The lowest BCUT2D eigenvalue weighted by Gasteiger charge is -2.18. The van der Waals surface area contributed by atoms with Crippen molar-refractivity contribution < 1.29 is 23.8 Å². The lowest BCUT2D eigenvalue weighted by molar-refractivity contribution is -0.163. The van der Waals surface area contributed by atoms with E-state index in [4.69, 9.17) is 14.2 Å². The highest BCUT2D eigenvalue weighted by molar-refractivity contribution is 5.70. The number of ether oxygens (including phenoxy) is 3. The molecule has 0 aromatic rings. The van der Waals surface area contributed by atoms with E-state index in [1.807, 2.05) is 0 Å². The Morgan fingerprint density at radius 1 is 0.359 bits per heavy atom. The zero-order valence-electron chi connectivity index (χ0n) is 41.5. The summed E-state index contributed by atoms with van der Waals surface area (Å²) in [4.78, 5) is 25.4. The van der Waals surface area contributed by atoms with Crippen LogP contribution in [-0.2, 0) is 23.8 Å². The minimum absolute atomic E-state index is 0.0493. The third-order valence-electron chi connectivity index (χ3n) is 10.5. The first kappa shape index (κ1) is 60.3. The topological polar surface area (TPSA) is 61.8 Å². The zero-order valence-corrected chi connectivity index (χ0v) is 41.5. The van der Waals surface area contributed by atoms with Crippen LogP contribution in [0.15, 0.2) is 122 Å². The van der Waals surface area contributed by atoms with Crippen LogP contribution in [0.2, 0.25) is 0 Å². The van der Waals surface area contributed by atoms with Gasteiger partial charge in [-0.3, -0.25) is 9.59 Å². The van der Waals surface area contributed by atoms with Gasteiger partial charge in [-0.1, -0.05) is 200 Å². The summed E-state index contributed by atoms with van der Waals surface area (Å²) in [6, 6.07) is 0. The van der Waals surface area contributed by atoms with Gasteiger partial charge in [-0.15, -0.1) is 0 Å². The Labute approximate surface area is 395 Å². The van der Waals surface area contributed by atoms with E-state index in [2.05, 4.69) is 142 Å². The molecule has 0 heterocycles. The zero-order chi connectivity index (χ0) is 46.3. The maximum absolute atomic E-state index is 12.8. The van der Waals surface area contributed by atoms with Crippen molar-refractivity contribution >= 4 is 11.9 Å². The molecule has 0 aromatic carbocycles. The van der Waals surface area contributed by atoms with Crippen LogP contribution < -0.4 is 0 Å². The van der Waals surface area contributed by atoms with Crippen molar-refractivity contribution in [2.24, 2.45) is 0 Å². The molecule has 362 valence electrons. The highest BCUT2D eigenvalue weighted by atomic mass is 16.6. The highest BCUT2D eigenvalue weighted by Gasteiger charge is 2.17. The second-order valence-corrected chi connectivity index (χ2v) is 16.7. The molecule has 0 radical (unpaired) electrons. The molecule has 1 unspecified atom stereocenters. The molecule has 0 saturated heterocycles. The molecular formula is C59H96O5. The number of carbonyl (C=O) groups excluding carboxylic acids is 2. The molecule has 0 spiro atoms. The summed E-state index contributed by atoms with van der Waals surface area (Å²) in [6.07, 6.45) is 75.0. The highest BCUT2D eigenvalue weighted by Crippen LogP contribution is 2.12. The second-order valence-electron chi connectivity index (χ2n) is 16.7. The first-order valence-corrected chi connectivity index (χ1v) is 26.1. The van der Waals surface area contributed by atoms with Gasteiger partial charge < -0.3 is 14.2 Å². The summed E-state index contributed by atoms with van der Waals surface area (Å²) in [5.41, 5.74) is 0. The molecule has 0 rings (SSSR count). The van der Waals surface area contributed by atoms with Gasteiger partial charge in [-0.05, 0) is 122 Å². The monoisotopic (exact) mass is 885 g/mol. The van der Waals surface area contributed by atoms with Crippen LogP contribution in [0.4, 0.5) is 0 Å². The van der Waals surface area contributed by atoms with Gasteiger partial charge in [-0.2, -0.15) is 0 Å². The molecule has 0 N–H and O–H groups in total. The van der Waals surface area contributed by atoms with E-state index in [0.29, 0.717) is 19.4 Å². The molecule has 0 fully saturated rings. The Hall–Kier alpha value is -3.70. The summed E-state index contributed by atoms with van der Waals surface area (Å²) in [5, 5.41) is 0. The van der Waals surface area contributed by atoms with E-state index in [0.717, 1.165) is 128 Å². The molecular weight excluding hydrogens is 789 g/mol. The predicted octanol–water partition coefficient (Wildman–Crippen LogP) is 17.8. The molecule has 0 saturated carbocycles. The SMILES string of the molecule is CC/C=C\C/C=C\C/C=C\C/C=C\C/C=C\CCCCOCC(COC(=O)CCCCCCCC/C=C\C/C=C\C/C=C\C/C=C\CC)OC(=O)CCCCCCC/C=C\CCCC. The number of esters is 2. The summed E-state index contributed by atoms with van der Waals surface area (Å²) in [7, 11) is 0. The minimum atomic E-state index is -0.577. The smallest absolute Gasteiger partial charge is 0.306 e. The molecule has 64 heavy (non-hydrogen) atoms. The average molecular weight is 885 g/mol. The molecule has 0 aliphatic rings. The lowest BCUT2D eigenvalue weighted by Crippen LogP contribution is -2.30. The summed E-state index contributed by atoms with van der Waals surface area (Å²) < 4.78 is 17.3. The number of allylic oxidation sites excluding steroid dienone is 20. The number of unbranched alkanes of at least 4 members (excludes halogenated alkanes) is 15. The van der Waals surface area contributed by atoms with Crippen LogP contribution >= 0.6 is 0 Å². The molecule has 5 heteroatoms. The van der Waals surface area contributed by atoms with Crippen LogP contribution in [0, 0.1) is 0 Å². The van der Waals surface area contributed by atoms with Crippen LogP contribution in [0.5, 0.6) is 0 Å². The van der Waals surface area contributed by atoms with Crippen LogP contribution in [-0.4, -0.2) is 37.9 Å². The summed E-state index contributed by atoms with van der Waals surface area (Å²) >= 11 is 0. The van der Waals surface area contributed by atoms with Crippen molar-refractivity contribution in [3.63, 3.8) is 0 Å². The summed E-state index contributed by atoms with van der Waals surface area (Å²) in [5.74, 6) is -0.457. The normalized spacial score (nSPS) is 13.2. The first-order valence-electron chi connectivity index (χ1n) is 26.1. The average Bonchev–Trinajstić information content (AvgIpc) is 3.30. The van der Waals surface area contributed by atoms with Gasteiger partial charge in [0, 0.05) is 19.4 Å². The van der Waals surface area contributed by atoms with Gasteiger partial charge >= 0.3 is 11.9 Å². The van der Waals surface area contributed by atoms with Gasteiger partial charge in [0.25, 0.3) is 0 Å². The van der Waals surface area contributed by atoms with Gasteiger partial charge in [-0.25, -0.2) is 0 Å². The Morgan fingerprint density at radius 2 is 0.703 bits per heavy atom. The van der Waals surface area contributed by atoms with Crippen molar-refractivity contribution in [3.8, 4) is 0 Å². The first-order chi connectivity index (χ1) is 31.6. The fraction of sp³-hybridized carbons (Fsp3) is 0.627. The Kier molecular flexibility index (Phi) is 50.5. The van der Waals surface area contributed by atoms with Crippen molar-refractivity contribution in [3.05, 3.63) is 122 Å². The number of carbonyl (C=O) groups is 2. The molecule has 0 bridgehead atoms. The number of rotatable bonds is 46. The Morgan fingerprint density at radius 3 is 1.14 bits per heavy atom. The summed E-state index contributed by atoms with van der Waals surface area (Å²) in [6.45, 7) is 7.42. The molecule has 0 aliphatic heterocycles. The van der Waals surface area contributed by atoms with Crippen molar-refractivity contribution in [1.29, 1.82) is 0 Å². The van der Waals surface area contributed by atoms with Crippen molar-refractivity contribution in [1.82, 2.24) is 0 Å². The van der Waals surface area contributed by atoms with E-state index < -0.39 is 6.10 Å². The largest absolute Gasteiger partial charge is 0.462 e. The molecule has 1 atom stereocenters. The Balaban J connectivity index is 4.37. The maximum Gasteiger partial charge on any atom is 0.306 e. The molecule has 5 nitrogen and oxygen atoms in total.